The molecule has 4 aromatic rings. The first-order valence-electron chi connectivity index (χ1n) is 12.6. The van der Waals surface area contributed by atoms with Crippen LogP contribution in [0.1, 0.15) is 42.1 Å². The van der Waals surface area contributed by atoms with Crippen LogP contribution in [0, 0.1) is 6.92 Å². The second-order valence-electron chi connectivity index (χ2n) is 9.84. The number of nitrogens with zero attached hydrogens (tertiary/aromatic N) is 1. The minimum Gasteiger partial charge on any atom is -0.508 e. The smallest absolute Gasteiger partial charge is 0.295 e. The molecular weight excluding hydrogens is 480 g/mol. The van der Waals surface area contributed by atoms with Crippen LogP contribution in [0.2, 0.25) is 0 Å². The molecule has 0 aliphatic carbocycles. The number of ether oxygens (including phenoxy) is 1. The average Bonchev–Trinajstić information content (AvgIpc) is 3.41. The van der Waals surface area contributed by atoms with Crippen molar-refractivity contribution in [3.05, 3.63) is 101 Å². The Morgan fingerprint density at radius 1 is 1.05 bits per heavy atom. The van der Waals surface area contributed by atoms with Crippen LogP contribution in [0.4, 0.5) is 0 Å². The number of amides is 1. The summed E-state index contributed by atoms with van der Waals surface area (Å²) in [6.07, 6.45) is 2.40. The number of carbonyl (C=O) groups excluding carboxylic acids is 2. The number of aliphatic hydroxyl groups excluding tert-OH is 1. The lowest BCUT2D eigenvalue weighted by atomic mass is 9.94. The Morgan fingerprint density at radius 2 is 1.84 bits per heavy atom. The van der Waals surface area contributed by atoms with Gasteiger partial charge in [-0.1, -0.05) is 30.3 Å². The first-order valence-corrected chi connectivity index (χ1v) is 12.6. The van der Waals surface area contributed by atoms with Crippen molar-refractivity contribution in [2.24, 2.45) is 0 Å². The van der Waals surface area contributed by atoms with Crippen LogP contribution < -0.4 is 4.74 Å². The molecule has 5 rings (SSSR count). The number of nitrogens with one attached hydrogen (secondary N) is 1. The highest BCUT2D eigenvalue weighted by molar-refractivity contribution is 6.46. The van der Waals surface area contributed by atoms with Crippen LogP contribution >= 0.6 is 0 Å². The molecule has 1 fully saturated rings. The van der Waals surface area contributed by atoms with Gasteiger partial charge in [0.25, 0.3) is 11.7 Å². The van der Waals surface area contributed by atoms with Gasteiger partial charge in [-0.15, -0.1) is 0 Å². The molecule has 0 saturated carbocycles. The number of ketones is 1. The minimum atomic E-state index is -0.848. The van der Waals surface area contributed by atoms with Gasteiger partial charge in [-0.25, -0.2) is 0 Å². The molecule has 2 heterocycles. The number of aliphatic hydroxyl groups is 1. The van der Waals surface area contributed by atoms with Crippen LogP contribution in [0.3, 0.4) is 0 Å². The zero-order valence-corrected chi connectivity index (χ0v) is 21.6. The maximum atomic E-state index is 13.4. The van der Waals surface area contributed by atoms with Crippen molar-refractivity contribution in [2.45, 2.75) is 39.3 Å². The summed E-state index contributed by atoms with van der Waals surface area (Å²) in [7, 11) is 0. The Morgan fingerprint density at radius 3 is 2.58 bits per heavy atom. The molecule has 1 aliphatic rings. The van der Waals surface area contributed by atoms with E-state index < -0.39 is 17.7 Å². The van der Waals surface area contributed by atoms with Gasteiger partial charge in [-0.05, 0) is 80.3 Å². The molecule has 0 bridgehead atoms. The number of phenolic OH excluding ortho intramolecular Hbond substituents is 1. The Kier molecular flexibility index (Phi) is 6.68. The number of aromatic amines is 1. The molecule has 7 nitrogen and oxygen atoms in total. The Bertz CT molecular complexity index is 1570. The summed E-state index contributed by atoms with van der Waals surface area (Å²) in [4.78, 5) is 31.4. The third-order valence-corrected chi connectivity index (χ3v) is 6.83. The monoisotopic (exact) mass is 510 g/mol. The highest BCUT2D eigenvalue weighted by Gasteiger charge is 2.46. The SMILES string of the molecule is Cc1cc(/C(O)=C2\C(=O)C(=O)N(CCc3c[nH]c4ccccc34)C2c2cccc(O)c2)ccc1OC(C)C. The van der Waals surface area contributed by atoms with Gasteiger partial charge in [-0.3, -0.25) is 9.59 Å². The number of benzene rings is 3. The van der Waals surface area contributed by atoms with E-state index in [0.29, 0.717) is 23.3 Å². The summed E-state index contributed by atoms with van der Waals surface area (Å²) >= 11 is 0. The summed E-state index contributed by atoms with van der Waals surface area (Å²) in [5.74, 6) is -1.01. The molecule has 3 N–H and O–H groups in total. The zero-order valence-electron chi connectivity index (χ0n) is 21.6. The second-order valence-corrected chi connectivity index (χ2v) is 9.84. The van der Waals surface area contributed by atoms with Gasteiger partial charge in [0.1, 0.15) is 17.3 Å². The maximum Gasteiger partial charge on any atom is 0.295 e. The van der Waals surface area contributed by atoms with Crippen molar-refractivity contribution in [3.63, 3.8) is 0 Å². The molecule has 1 amide bonds. The number of fused-ring (bicyclic) bond motifs is 1. The number of aryl methyl sites for hydroxylation is 1. The number of hydrogen-bond acceptors (Lipinski definition) is 5. The number of rotatable bonds is 7. The topological polar surface area (TPSA) is 103 Å². The summed E-state index contributed by atoms with van der Waals surface area (Å²) < 4.78 is 5.80. The number of H-pyrrole nitrogens is 1. The number of hydrogen-bond donors (Lipinski definition) is 3. The maximum absolute atomic E-state index is 13.4. The predicted molar refractivity (Wildman–Crippen MR) is 146 cm³/mol. The highest BCUT2D eigenvalue weighted by Crippen LogP contribution is 2.41. The van der Waals surface area contributed by atoms with Crippen molar-refractivity contribution in [2.75, 3.05) is 6.54 Å². The van der Waals surface area contributed by atoms with E-state index in [1.165, 1.54) is 17.0 Å². The second kappa shape index (κ2) is 10.1. The van der Waals surface area contributed by atoms with Crippen LogP contribution in [0.5, 0.6) is 11.5 Å². The number of aromatic nitrogens is 1. The van der Waals surface area contributed by atoms with Gasteiger partial charge in [0.2, 0.25) is 0 Å². The number of para-hydroxylation sites is 1. The van der Waals surface area contributed by atoms with Crippen LogP contribution in [0.25, 0.3) is 16.7 Å². The third-order valence-electron chi connectivity index (χ3n) is 6.83. The molecule has 7 heteroatoms. The van der Waals surface area contributed by atoms with E-state index in [1.54, 1.807) is 30.3 Å². The van der Waals surface area contributed by atoms with Crippen LogP contribution in [-0.4, -0.2) is 44.4 Å². The largest absolute Gasteiger partial charge is 0.508 e. The normalized spacial score (nSPS) is 17.1. The van der Waals surface area contributed by atoms with E-state index in [1.807, 2.05) is 51.2 Å². The lowest BCUT2D eigenvalue weighted by molar-refractivity contribution is -0.139. The van der Waals surface area contributed by atoms with Crippen molar-refractivity contribution in [3.8, 4) is 11.5 Å². The van der Waals surface area contributed by atoms with Gasteiger partial charge in [0, 0.05) is 29.2 Å². The lowest BCUT2D eigenvalue weighted by Gasteiger charge is -2.25. The number of likely N-dealkylation sites (tertiary alicyclic amines) is 1. The van der Waals surface area contributed by atoms with E-state index >= 15 is 0 Å². The summed E-state index contributed by atoms with van der Waals surface area (Å²) in [6.45, 7) is 5.98. The molecule has 1 atom stereocenters. The van der Waals surface area contributed by atoms with E-state index in [9.17, 15) is 19.8 Å². The van der Waals surface area contributed by atoms with E-state index in [4.69, 9.17) is 4.74 Å². The third kappa shape index (κ3) is 4.63. The highest BCUT2D eigenvalue weighted by atomic mass is 16.5. The summed E-state index contributed by atoms with van der Waals surface area (Å²) in [5.41, 5.74) is 3.77. The van der Waals surface area contributed by atoms with E-state index in [2.05, 4.69) is 4.98 Å². The van der Waals surface area contributed by atoms with Gasteiger partial charge >= 0.3 is 0 Å². The van der Waals surface area contributed by atoms with Gasteiger partial charge in [0.15, 0.2) is 0 Å². The Hall–Kier alpha value is -4.52. The zero-order chi connectivity index (χ0) is 27.0. The van der Waals surface area contributed by atoms with E-state index in [0.717, 1.165) is 22.0 Å². The van der Waals surface area contributed by atoms with Crippen molar-refractivity contribution in [1.82, 2.24) is 9.88 Å². The quantitative estimate of drug-likeness (QED) is 0.170. The number of phenols is 1. The molecule has 1 aromatic heterocycles. The molecule has 0 radical (unpaired) electrons. The Labute approximate surface area is 221 Å². The minimum absolute atomic E-state index is 0.00328. The first kappa shape index (κ1) is 25.1. The Balaban J connectivity index is 1.55. The fourth-order valence-electron chi connectivity index (χ4n) is 5.07. The van der Waals surface area contributed by atoms with Crippen LogP contribution in [0.15, 0.2) is 78.5 Å². The molecule has 1 unspecified atom stereocenters. The predicted octanol–water partition coefficient (Wildman–Crippen LogP) is 5.63. The molecule has 194 valence electrons. The molecule has 38 heavy (non-hydrogen) atoms. The number of Topliss-reactive ketones (excluding diaryl/α,β-unsaturated/α-hetero) is 1. The van der Waals surface area contributed by atoms with Gasteiger partial charge in [-0.2, -0.15) is 0 Å². The summed E-state index contributed by atoms with van der Waals surface area (Å²) in [5, 5.41) is 22.6. The number of carbonyl (C=O) groups is 2. The molecule has 1 saturated heterocycles. The van der Waals surface area contributed by atoms with E-state index in [-0.39, 0.29) is 29.7 Å². The van der Waals surface area contributed by atoms with Crippen molar-refractivity contribution < 1.29 is 24.5 Å². The fourth-order valence-corrected chi connectivity index (χ4v) is 5.07. The first-order chi connectivity index (χ1) is 18.2. The molecule has 0 spiro atoms. The number of aromatic hydroxyl groups is 1. The molecular formula is C31H30N2O5. The van der Waals surface area contributed by atoms with Gasteiger partial charge < -0.3 is 24.8 Å². The standard InChI is InChI=1S/C31H30N2O5/c1-18(2)38-26-12-11-21(15-19(26)3)29(35)27-28(20-7-6-8-23(34)16-20)33(31(37)30(27)36)14-13-22-17-32-25-10-5-4-9-24(22)25/h4-12,15-18,28,32,34-35H,13-14H2,1-3H3/b29-27+. The average molecular weight is 511 g/mol. The van der Waals surface area contributed by atoms with Crippen LogP contribution in [-0.2, 0) is 16.0 Å². The lowest BCUT2D eigenvalue weighted by Crippen LogP contribution is -2.31. The molecule has 1 aliphatic heterocycles. The van der Waals surface area contributed by atoms with Gasteiger partial charge in [0.05, 0.1) is 17.7 Å². The van der Waals surface area contributed by atoms with Crippen molar-refractivity contribution >= 4 is 28.4 Å². The fraction of sp³-hybridized carbons (Fsp3) is 0.226. The van der Waals surface area contributed by atoms with Crippen molar-refractivity contribution in [1.29, 1.82) is 0 Å². The molecule has 3 aromatic carbocycles. The summed E-state index contributed by atoms with van der Waals surface area (Å²) in [6, 6.07) is 18.7.